The minimum atomic E-state index is -2.86. The van der Waals surface area contributed by atoms with E-state index in [0.29, 0.717) is 21.3 Å². The zero-order chi connectivity index (χ0) is 17.1. The van der Waals surface area contributed by atoms with Crippen molar-refractivity contribution in [3.05, 3.63) is 34.7 Å². The van der Waals surface area contributed by atoms with Gasteiger partial charge < -0.3 is 9.47 Å². The molecular formula is C16H15F2NO3S2. The Labute approximate surface area is 147 Å². The maximum atomic E-state index is 12.5. The van der Waals surface area contributed by atoms with Crippen molar-refractivity contribution in [2.45, 2.75) is 25.6 Å². The van der Waals surface area contributed by atoms with Gasteiger partial charge in [-0.3, -0.25) is 9.69 Å². The van der Waals surface area contributed by atoms with Gasteiger partial charge in [0.05, 0.1) is 17.6 Å². The van der Waals surface area contributed by atoms with E-state index in [1.165, 1.54) is 23.9 Å². The molecule has 1 amide bonds. The summed E-state index contributed by atoms with van der Waals surface area (Å²) in [6.45, 7) is -1.66. The molecule has 8 heteroatoms. The number of carbonyl (C=O) groups is 1. The van der Waals surface area contributed by atoms with Gasteiger partial charge in [-0.15, -0.1) is 0 Å². The van der Waals surface area contributed by atoms with Gasteiger partial charge in [0.15, 0.2) is 0 Å². The van der Waals surface area contributed by atoms with Crippen molar-refractivity contribution in [1.29, 1.82) is 0 Å². The minimum Gasteiger partial charge on any atom is -0.435 e. The summed E-state index contributed by atoms with van der Waals surface area (Å²) in [7, 11) is 0. The van der Waals surface area contributed by atoms with Crippen LogP contribution in [-0.2, 0) is 9.53 Å². The van der Waals surface area contributed by atoms with Crippen LogP contribution in [0.3, 0.4) is 0 Å². The molecular weight excluding hydrogens is 356 g/mol. The lowest BCUT2D eigenvalue weighted by atomic mass is 10.2. The molecule has 1 aromatic carbocycles. The molecule has 0 radical (unpaired) electrons. The molecule has 1 unspecified atom stereocenters. The van der Waals surface area contributed by atoms with Crippen LogP contribution in [0, 0.1) is 0 Å². The van der Waals surface area contributed by atoms with Crippen LogP contribution >= 0.6 is 24.0 Å². The number of ether oxygens (including phenoxy) is 2. The van der Waals surface area contributed by atoms with Crippen LogP contribution < -0.4 is 4.74 Å². The number of carbonyl (C=O) groups excluding carboxylic acids is 1. The van der Waals surface area contributed by atoms with E-state index in [0.717, 1.165) is 19.4 Å². The Morgan fingerprint density at radius 2 is 2.17 bits per heavy atom. The van der Waals surface area contributed by atoms with Gasteiger partial charge in [0.1, 0.15) is 10.1 Å². The molecule has 2 aliphatic rings. The number of nitrogens with zero attached hydrogens (tertiary/aromatic N) is 1. The molecule has 1 aromatic rings. The monoisotopic (exact) mass is 371 g/mol. The lowest BCUT2D eigenvalue weighted by Crippen LogP contribution is -2.35. The fraction of sp³-hybridized carbons (Fsp3) is 0.375. The van der Waals surface area contributed by atoms with Crippen molar-refractivity contribution in [1.82, 2.24) is 4.90 Å². The maximum absolute atomic E-state index is 12.5. The van der Waals surface area contributed by atoms with Crippen molar-refractivity contribution in [3.8, 4) is 5.75 Å². The van der Waals surface area contributed by atoms with E-state index in [4.69, 9.17) is 17.0 Å². The number of halogens is 2. The van der Waals surface area contributed by atoms with Crippen molar-refractivity contribution in [2.24, 2.45) is 0 Å². The number of hydrogen-bond acceptors (Lipinski definition) is 5. The Hall–Kier alpha value is -1.51. The molecule has 0 bridgehead atoms. The molecule has 4 nitrogen and oxygen atoms in total. The highest BCUT2D eigenvalue weighted by Crippen LogP contribution is 2.33. The topological polar surface area (TPSA) is 38.8 Å². The zero-order valence-electron chi connectivity index (χ0n) is 12.6. The Morgan fingerprint density at radius 1 is 1.42 bits per heavy atom. The second kappa shape index (κ2) is 7.58. The highest BCUT2D eigenvalue weighted by atomic mass is 32.2. The lowest BCUT2D eigenvalue weighted by Gasteiger charge is -2.18. The Balaban J connectivity index is 1.68. The van der Waals surface area contributed by atoms with Crippen LogP contribution in [0.2, 0.25) is 0 Å². The summed E-state index contributed by atoms with van der Waals surface area (Å²) in [6.07, 6.45) is 3.67. The fourth-order valence-electron chi connectivity index (χ4n) is 2.55. The number of alkyl halides is 2. The third-order valence-corrected chi connectivity index (χ3v) is 5.06. The average Bonchev–Trinajstić information content (AvgIpc) is 3.13. The first-order valence-corrected chi connectivity index (χ1v) is 8.67. The summed E-state index contributed by atoms with van der Waals surface area (Å²) in [5, 5.41) is 0. The SMILES string of the molecule is O=C1/C(=C/c2ccc(OC(F)F)cc2)SC(=S)N1CC1CCCO1. The Bertz CT molecular complexity index is 658. The molecule has 24 heavy (non-hydrogen) atoms. The van der Waals surface area contributed by atoms with Crippen LogP contribution in [0.5, 0.6) is 5.75 Å². The van der Waals surface area contributed by atoms with Crippen molar-refractivity contribution >= 4 is 40.3 Å². The standard InChI is InChI=1S/C16H15F2NO3S2/c17-15(18)22-11-5-3-10(4-6-11)8-13-14(20)19(16(23)24-13)9-12-2-1-7-21-12/h3-6,8,12,15H,1-2,7,9H2/b13-8-. The first-order chi connectivity index (χ1) is 11.5. The molecule has 0 N–H and O–H groups in total. The van der Waals surface area contributed by atoms with Crippen LogP contribution in [0.25, 0.3) is 6.08 Å². The molecule has 2 aliphatic heterocycles. The number of hydrogen-bond donors (Lipinski definition) is 0. The van der Waals surface area contributed by atoms with Crippen LogP contribution in [0.1, 0.15) is 18.4 Å². The van der Waals surface area contributed by atoms with Gasteiger partial charge in [-0.05, 0) is 36.6 Å². The van der Waals surface area contributed by atoms with Crippen LogP contribution in [0.15, 0.2) is 29.2 Å². The second-order valence-electron chi connectivity index (χ2n) is 5.37. The number of benzene rings is 1. The molecule has 2 fully saturated rings. The quantitative estimate of drug-likeness (QED) is 0.583. The molecule has 2 saturated heterocycles. The predicted octanol–water partition coefficient (Wildman–Crippen LogP) is 3.67. The van der Waals surface area contributed by atoms with Crippen molar-refractivity contribution in [2.75, 3.05) is 13.2 Å². The van der Waals surface area contributed by atoms with Gasteiger partial charge in [-0.1, -0.05) is 36.1 Å². The smallest absolute Gasteiger partial charge is 0.387 e. The van der Waals surface area contributed by atoms with E-state index in [9.17, 15) is 13.6 Å². The maximum Gasteiger partial charge on any atom is 0.387 e. The Morgan fingerprint density at radius 3 is 2.79 bits per heavy atom. The number of amides is 1. The summed E-state index contributed by atoms with van der Waals surface area (Å²) in [5.41, 5.74) is 0.717. The molecule has 128 valence electrons. The largest absolute Gasteiger partial charge is 0.435 e. The van der Waals surface area contributed by atoms with E-state index in [-0.39, 0.29) is 17.8 Å². The van der Waals surface area contributed by atoms with Gasteiger partial charge in [0.2, 0.25) is 0 Å². The zero-order valence-corrected chi connectivity index (χ0v) is 14.2. The Kier molecular flexibility index (Phi) is 5.47. The lowest BCUT2D eigenvalue weighted by molar-refractivity contribution is -0.123. The van der Waals surface area contributed by atoms with Gasteiger partial charge in [0, 0.05) is 6.61 Å². The molecule has 0 aromatic heterocycles. The fourth-order valence-corrected chi connectivity index (χ4v) is 3.82. The number of thiocarbonyl (C=S) groups is 1. The highest BCUT2D eigenvalue weighted by molar-refractivity contribution is 8.26. The average molecular weight is 371 g/mol. The van der Waals surface area contributed by atoms with E-state index >= 15 is 0 Å². The summed E-state index contributed by atoms with van der Waals surface area (Å²) in [6, 6.07) is 6.10. The normalized spacial score (nSPS) is 22.9. The molecule has 3 rings (SSSR count). The van der Waals surface area contributed by atoms with E-state index in [2.05, 4.69) is 4.74 Å². The first kappa shape index (κ1) is 17.3. The predicted molar refractivity (Wildman–Crippen MR) is 91.9 cm³/mol. The van der Waals surface area contributed by atoms with Gasteiger partial charge in [-0.2, -0.15) is 8.78 Å². The molecule has 0 aliphatic carbocycles. The minimum absolute atomic E-state index is 0.0395. The molecule has 1 atom stereocenters. The molecule has 0 spiro atoms. The van der Waals surface area contributed by atoms with Gasteiger partial charge >= 0.3 is 6.61 Å². The van der Waals surface area contributed by atoms with Crippen LogP contribution in [-0.4, -0.2) is 41.0 Å². The second-order valence-corrected chi connectivity index (χ2v) is 7.05. The summed E-state index contributed by atoms with van der Waals surface area (Å²) in [4.78, 5) is 14.6. The molecule has 0 saturated carbocycles. The van der Waals surface area contributed by atoms with Crippen LogP contribution in [0.4, 0.5) is 8.78 Å². The van der Waals surface area contributed by atoms with Crippen molar-refractivity contribution in [3.63, 3.8) is 0 Å². The third kappa shape index (κ3) is 4.12. The summed E-state index contributed by atoms with van der Waals surface area (Å²) in [5.74, 6) is -0.0681. The third-order valence-electron chi connectivity index (χ3n) is 3.69. The highest BCUT2D eigenvalue weighted by Gasteiger charge is 2.34. The summed E-state index contributed by atoms with van der Waals surface area (Å²) < 4.78 is 34.6. The van der Waals surface area contributed by atoms with Gasteiger partial charge in [0.25, 0.3) is 5.91 Å². The number of thioether (sulfide) groups is 1. The van der Waals surface area contributed by atoms with E-state index in [1.54, 1.807) is 23.1 Å². The molecule has 2 heterocycles. The van der Waals surface area contributed by atoms with E-state index < -0.39 is 6.61 Å². The van der Waals surface area contributed by atoms with Gasteiger partial charge in [-0.25, -0.2) is 0 Å². The summed E-state index contributed by atoms with van der Waals surface area (Å²) >= 11 is 6.52. The van der Waals surface area contributed by atoms with E-state index in [1.807, 2.05) is 0 Å². The number of rotatable bonds is 5. The first-order valence-electron chi connectivity index (χ1n) is 7.45. The van der Waals surface area contributed by atoms with Crippen molar-refractivity contribution < 1.29 is 23.0 Å².